The van der Waals surface area contributed by atoms with E-state index in [2.05, 4.69) is 5.32 Å². The van der Waals surface area contributed by atoms with E-state index in [1.165, 1.54) is 12.1 Å². The molecule has 106 valence electrons. The number of carbonyl (C=O) groups excluding carboxylic acids is 1. The molecule has 0 spiro atoms. The fourth-order valence-corrected chi connectivity index (χ4v) is 2.06. The van der Waals surface area contributed by atoms with E-state index in [0.717, 1.165) is 0 Å². The monoisotopic (exact) mass is 286 g/mol. The quantitative estimate of drug-likeness (QED) is 0.808. The Morgan fingerprint density at radius 1 is 1.53 bits per heavy atom. The topological polar surface area (TPSA) is 72.2 Å². The summed E-state index contributed by atoms with van der Waals surface area (Å²) in [5.74, 6) is -1.05. The molecular formula is C13H19FN2O2S. The molecule has 0 aromatic heterocycles. The molecule has 0 radical (unpaired) electrons. The Kier molecular flexibility index (Phi) is 5.47. The molecule has 6 heteroatoms. The van der Waals surface area contributed by atoms with E-state index in [4.69, 9.17) is 5.73 Å². The molecule has 0 fully saturated rings. The van der Waals surface area contributed by atoms with E-state index in [-0.39, 0.29) is 10.8 Å². The van der Waals surface area contributed by atoms with Crippen LogP contribution >= 0.6 is 0 Å². The summed E-state index contributed by atoms with van der Waals surface area (Å²) in [6.07, 6.45) is 2.20. The van der Waals surface area contributed by atoms with Gasteiger partial charge in [0, 0.05) is 34.5 Å². The van der Waals surface area contributed by atoms with Gasteiger partial charge in [-0.15, -0.1) is 0 Å². The first-order valence-corrected chi connectivity index (χ1v) is 7.61. The summed E-state index contributed by atoms with van der Waals surface area (Å²) >= 11 is 0. The number of nitrogens with two attached hydrogens (primary N) is 1. The van der Waals surface area contributed by atoms with Gasteiger partial charge >= 0.3 is 0 Å². The van der Waals surface area contributed by atoms with Crippen LogP contribution in [0.25, 0.3) is 0 Å². The molecule has 0 saturated carbocycles. The van der Waals surface area contributed by atoms with Crippen molar-refractivity contribution in [2.45, 2.75) is 25.5 Å². The number of aryl methyl sites for hydroxylation is 1. The van der Waals surface area contributed by atoms with Crippen LogP contribution in [0.2, 0.25) is 0 Å². The van der Waals surface area contributed by atoms with Crippen molar-refractivity contribution in [3.05, 3.63) is 29.1 Å². The molecule has 0 aliphatic heterocycles. The minimum absolute atomic E-state index is 0.00674. The van der Waals surface area contributed by atoms with Gasteiger partial charge in [-0.05, 0) is 31.0 Å². The third-order valence-electron chi connectivity index (χ3n) is 2.92. The molecule has 0 saturated heterocycles. The SMILES string of the molecule is Cc1cc(N)cc(C(=O)NCCC(C)S(C)=O)c1F. The summed E-state index contributed by atoms with van der Waals surface area (Å²) in [6.45, 7) is 3.76. The molecule has 2 unspecified atom stereocenters. The Bertz CT molecular complexity index is 506. The number of hydrogen-bond acceptors (Lipinski definition) is 3. The average Bonchev–Trinajstić information content (AvgIpc) is 2.33. The van der Waals surface area contributed by atoms with Crippen LogP contribution < -0.4 is 11.1 Å². The third-order valence-corrected chi connectivity index (χ3v) is 4.29. The van der Waals surface area contributed by atoms with Crippen molar-refractivity contribution in [3.8, 4) is 0 Å². The zero-order valence-electron chi connectivity index (χ0n) is 11.3. The van der Waals surface area contributed by atoms with Crippen molar-refractivity contribution in [1.82, 2.24) is 5.32 Å². The molecule has 3 N–H and O–H groups in total. The van der Waals surface area contributed by atoms with Gasteiger partial charge in [0.1, 0.15) is 5.82 Å². The second kappa shape index (κ2) is 6.65. The highest BCUT2D eigenvalue weighted by Gasteiger charge is 2.15. The van der Waals surface area contributed by atoms with Crippen LogP contribution in [0.5, 0.6) is 0 Å². The zero-order valence-corrected chi connectivity index (χ0v) is 12.1. The first-order chi connectivity index (χ1) is 8.82. The number of halogens is 1. The maximum atomic E-state index is 13.8. The second-order valence-corrected chi connectivity index (χ2v) is 6.36. The normalized spacial score (nSPS) is 13.9. The highest BCUT2D eigenvalue weighted by atomic mass is 32.2. The number of rotatable bonds is 5. The Labute approximate surface area is 115 Å². The first-order valence-electron chi connectivity index (χ1n) is 5.99. The molecule has 2 atom stereocenters. The van der Waals surface area contributed by atoms with E-state index in [1.807, 2.05) is 6.92 Å². The summed E-state index contributed by atoms with van der Waals surface area (Å²) in [4.78, 5) is 11.8. The Morgan fingerprint density at radius 3 is 2.74 bits per heavy atom. The summed E-state index contributed by atoms with van der Waals surface area (Å²) < 4.78 is 24.9. The molecule has 0 aliphatic carbocycles. The van der Waals surface area contributed by atoms with Gasteiger partial charge in [-0.2, -0.15) is 0 Å². The Hall–Kier alpha value is -1.43. The van der Waals surface area contributed by atoms with Crippen LogP contribution in [0.1, 0.15) is 29.3 Å². The lowest BCUT2D eigenvalue weighted by Gasteiger charge is -2.11. The van der Waals surface area contributed by atoms with Crippen molar-refractivity contribution in [3.63, 3.8) is 0 Å². The standard InChI is InChI=1S/C13H19FN2O2S/c1-8-6-10(15)7-11(12(8)14)13(17)16-5-4-9(2)19(3)18/h6-7,9H,4-5,15H2,1-3H3,(H,16,17). The van der Waals surface area contributed by atoms with Gasteiger partial charge in [-0.25, -0.2) is 4.39 Å². The van der Waals surface area contributed by atoms with Crippen LogP contribution in [0.3, 0.4) is 0 Å². The predicted molar refractivity (Wildman–Crippen MR) is 76.0 cm³/mol. The van der Waals surface area contributed by atoms with Gasteiger partial charge < -0.3 is 11.1 Å². The molecule has 1 rings (SSSR count). The van der Waals surface area contributed by atoms with Crippen LogP contribution in [-0.4, -0.2) is 28.2 Å². The van der Waals surface area contributed by atoms with Crippen molar-refractivity contribution in [1.29, 1.82) is 0 Å². The maximum absolute atomic E-state index is 13.8. The molecule has 19 heavy (non-hydrogen) atoms. The van der Waals surface area contributed by atoms with Gasteiger partial charge in [0.2, 0.25) is 0 Å². The average molecular weight is 286 g/mol. The molecule has 4 nitrogen and oxygen atoms in total. The number of amides is 1. The van der Waals surface area contributed by atoms with Crippen LogP contribution in [0.15, 0.2) is 12.1 Å². The van der Waals surface area contributed by atoms with E-state index in [0.29, 0.717) is 24.2 Å². The van der Waals surface area contributed by atoms with Crippen molar-refractivity contribution in [2.75, 3.05) is 18.5 Å². The zero-order chi connectivity index (χ0) is 14.6. The summed E-state index contributed by atoms with van der Waals surface area (Å²) in [6, 6.07) is 2.80. The smallest absolute Gasteiger partial charge is 0.254 e. The molecule has 1 aromatic carbocycles. The minimum atomic E-state index is -0.927. The number of hydrogen-bond donors (Lipinski definition) is 2. The molecule has 1 amide bonds. The maximum Gasteiger partial charge on any atom is 0.254 e. The fraction of sp³-hybridized carbons (Fsp3) is 0.462. The van der Waals surface area contributed by atoms with E-state index in [9.17, 15) is 13.4 Å². The minimum Gasteiger partial charge on any atom is -0.399 e. The highest BCUT2D eigenvalue weighted by molar-refractivity contribution is 7.84. The largest absolute Gasteiger partial charge is 0.399 e. The van der Waals surface area contributed by atoms with Crippen molar-refractivity contribution >= 4 is 22.4 Å². The summed E-state index contributed by atoms with van der Waals surface area (Å²) in [7, 11) is -0.927. The lowest BCUT2D eigenvalue weighted by atomic mass is 10.1. The lowest BCUT2D eigenvalue weighted by molar-refractivity contribution is 0.0949. The van der Waals surface area contributed by atoms with Crippen molar-refractivity contribution in [2.24, 2.45) is 0 Å². The number of nitrogen functional groups attached to an aromatic ring is 1. The predicted octanol–water partition coefficient (Wildman–Crippen LogP) is 1.60. The van der Waals surface area contributed by atoms with E-state index < -0.39 is 22.5 Å². The Balaban J connectivity index is 2.67. The molecule has 0 bridgehead atoms. The lowest BCUT2D eigenvalue weighted by Crippen LogP contribution is -2.28. The van der Waals surface area contributed by atoms with Crippen molar-refractivity contribution < 1.29 is 13.4 Å². The van der Waals surface area contributed by atoms with Crippen LogP contribution in [0, 0.1) is 12.7 Å². The number of nitrogens with one attached hydrogen (secondary N) is 1. The van der Waals surface area contributed by atoms with Gasteiger partial charge in [-0.3, -0.25) is 9.00 Å². The molecule has 0 aliphatic rings. The van der Waals surface area contributed by atoms with Crippen LogP contribution in [0.4, 0.5) is 10.1 Å². The third kappa shape index (κ3) is 4.31. The number of benzene rings is 1. The molecule has 0 heterocycles. The summed E-state index contributed by atoms with van der Waals surface area (Å²) in [5, 5.41) is 2.60. The number of carbonyl (C=O) groups is 1. The highest BCUT2D eigenvalue weighted by Crippen LogP contribution is 2.16. The van der Waals surface area contributed by atoms with E-state index in [1.54, 1.807) is 13.2 Å². The second-order valence-electron chi connectivity index (χ2n) is 4.55. The Morgan fingerprint density at radius 2 is 2.16 bits per heavy atom. The van der Waals surface area contributed by atoms with Gasteiger partial charge in [0.25, 0.3) is 5.91 Å². The van der Waals surface area contributed by atoms with Gasteiger partial charge in [0.15, 0.2) is 0 Å². The fourth-order valence-electron chi connectivity index (χ4n) is 1.61. The number of anilines is 1. The van der Waals surface area contributed by atoms with Crippen LogP contribution in [-0.2, 0) is 10.8 Å². The summed E-state index contributed by atoms with van der Waals surface area (Å²) in [5.41, 5.74) is 6.24. The van der Waals surface area contributed by atoms with Gasteiger partial charge in [0.05, 0.1) is 5.56 Å². The first kappa shape index (κ1) is 15.6. The van der Waals surface area contributed by atoms with E-state index >= 15 is 0 Å². The molecular weight excluding hydrogens is 267 g/mol. The van der Waals surface area contributed by atoms with Gasteiger partial charge in [-0.1, -0.05) is 6.92 Å². The molecule has 1 aromatic rings.